The Morgan fingerprint density at radius 2 is 1.70 bits per heavy atom. The molecule has 1 aliphatic heterocycles. The lowest BCUT2D eigenvalue weighted by Crippen LogP contribution is -2.26. The largest absolute Gasteiger partial charge is 0.545 e. The van der Waals surface area contributed by atoms with Crippen molar-refractivity contribution in [3.8, 4) is 5.69 Å². The molecule has 0 atom stereocenters. The van der Waals surface area contributed by atoms with Crippen LogP contribution in [0.3, 0.4) is 0 Å². The zero-order chi connectivity index (χ0) is 19.9. The zero-order valence-electron chi connectivity index (χ0n) is 14.2. The minimum absolute atomic E-state index is 0.268. The van der Waals surface area contributed by atoms with Crippen LogP contribution in [-0.4, -0.2) is 26.7 Å². The first-order valence-electron chi connectivity index (χ1n) is 7.69. The third-order valence-electron chi connectivity index (χ3n) is 4.05. The van der Waals surface area contributed by atoms with Crippen LogP contribution in [0, 0.1) is 13.8 Å². The molecule has 9 heteroatoms. The number of carbonyl (C=O) groups is 3. The van der Waals surface area contributed by atoms with Gasteiger partial charge in [-0.05, 0) is 60.9 Å². The van der Waals surface area contributed by atoms with Gasteiger partial charge in [-0.25, -0.2) is 0 Å². The van der Waals surface area contributed by atoms with E-state index in [0.717, 1.165) is 29.1 Å². The molecule has 7 nitrogen and oxygen atoms in total. The number of hydrogen-bond donors (Lipinski definition) is 1. The topological polar surface area (TPSA) is 114 Å². The third kappa shape index (κ3) is 3.64. The van der Waals surface area contributed by atoms with Gasteiger partial charge in [0.15, 0.2) is 0 Å². The predicted molar refractivity (Wildman–Crippen MR) is 100 cm³/mol. The number of thiocarbonyl (C=S) groups is 1. The Kier molecular flexibility index (Phi) is 4.90. The van der Waals surface area contributed by atoms with Gasteiger partial charge in [0.25, 0.3) is 5.91 Å². The van der Waals surface area contributed by atoms with E-state index in [4.69, 9.17) is 12.2 Å². The number of aromatic nitrogens is 1. The maximum Gasteiger partial charge on any atom is 0.263 e. The number of carboxylic acid groups (broad SMARTS) is 2. The first-order chi connectivity index (χ1) is 12.7. The Bertz CT molecular complexity index is 1020. The lowest BCUT2D eigenvalue weighted by atomic mass is 10.1. The van der Waals surface area contributed by atoms with E-state index >= 15 is 0 Å². The Hall–Kier alpha value is -2.91. The summed E-state index contributed by atoms with van der Waals surface area (Å²) in [6, 6.07) is 5.45. The number of rotatable bonds is 4. The van der Waals surface area contributed by atoms with Crippen LogP contribution in [0.25, 0.3) is 11.8 Å². The number of aromatic carboxylic acids is 2. The van der Waals surface area contributed by atoms with Gasteiger partial charge in [-0.1, -0.05) is 24.0 Å². The van der Waals surface area contributed by atoms with Gasteiger partial charge in [0, 0.05) is 17.1 Å². The van der Waals surface area contributed by atoms with E-state index in [2.05, 4.69) is 5.32 Å². The summed E-state index contributed by atoms with van der Waals surface area (Å²) in [4.78, 5) is 34.8. The average molecular weight is 400 g/mol. The molecule has 2 aromatic rings. The van der Waals surface area contributed by atoms with Crippen molar-refractivity contribution in [2.24, 2.45) is 0 Å². The molecule has 1 N–H and O–H groups in total. The molecule has 3 rings (SSSR count). The van der Waals surface area contributed by atoms with Gasteiger partial charge in [0.1, 0.15) is 4.32 Å². The van der Waals surface area contributed by atoms with E-state index in [1.165, 1.54) is 12.1 Å². The summed E-state index contributed by atoms with van der Waals surface area (Å²) >= 11 is 6.12. The fourth-order valence-corrected chi connectivity index (χ4v) is 3.90. The summed E-state index contributed by atoms with van der Waals surface area (Å²) in [5.74, 6) is -3.26. The van der Waals surface area contributed by atoms with E-state index in [9.17, 15) is 24.6 Å². The van der Waals surface area contributed by atoms with Crippen molar-refractivity contribution in [1.29, 1.82) is 0 Å². The standard InChI is InChI=1S/C18H14N2O5S2/c1-8-3-10(7-14-15(21)19-18(26)27-14)9(2)20(8)13-5-11(16(22)23)4-12(6-13)17(24)25/h3-7H,1-2H3,(H,22,23)(H,24,25)(H,19,21,26)/p-2/b14-7+. The number of benzene rings is 1. The minimum atomic E-state index is -1.49. The fourth-order valence-electron chi connectivity index (χ4n) is 2.87. The molecule has 1 amide bonds. The molecular formula is C18H12N2O5S2-2. The highest BCUT2D eigenvalue weighted by atomic mass is 32.2. The quantitative estimate of drug-likeness (QED) is 0.580. The second-order valence-electron chi connectivity index (χ2n) is 5.86. The zero-order valence-corrected chi connectivity index (χ0v) is 15.8. The van der Waals surface area contributed by atoms with Gasteiger partial charge in [-0.3, -0.25) is 4.79 Å². The summed E-state index contributed by atoms with van der Waals surface area (Å²) in [5.41, 5.74) is 1.96. The molecule has 0 bridgehead atoms. The van der Waals surface area contributed by atoms with E-state index in [-0.39, 0.29) is 17.0 Å². The van der Waals surface area contributed by atoms with Crippen LogP contribution in [0.1, 0.15) is 37.7 Å². The van der Waals surface area contributed by atoms with E-state index in [0.29, 0.717) is 20.6 Å². The highest BCUT2D eigenvalue weighted by Crippen LogP contribution is 2.29. The lowest BCUT2D eigenvalue weighted by Gasteiger charge is -2.15. The first kappa shape index (κ1) is 18.9. The number of carboxylic acids is 2. The molecule has 1 fully saturated rings. The highest BCUT2D eigenvalue weighted by molar-refractivity contribution is 8.26. The lowest BCUT2D eigenvalue weighted by molar-refractivity contribution is -0.255. The van der Waals surface area contributed by atoms with Crippen LogP contribution in [0.2, 0.25) is 0 Å². The van der Waals surface area contributed by atoms with Crippen molar-refractivity contribution in [2.45, 2.75) is 13.8 Å². The molecule has 1 aromatic carbocycles. The second kappa shape index (κ2) is 7.01. The predicted octanol–water partition coefficient (Wildman–Crippen LogP) is 0.310. The molecule has 1 aromatic heterocycles. The molecule has 0 spiro atoms. The van der Waals surface area contributed by atoms with Crippen molar-refractivity contribution < 1.29 is 24.6 Å². The first-order valence-corrected chi connectivity index (χ1v) is 8.92. The van der Waals surface area contributed by atoms with Crippen LogP contribution < -0.4 is 15.5 Å². The molecule has 27 heavy (non-hydrogen) atoms. The van der Waals surface area contributed by atoms with E-state index in [1.54, 1.807) is 24.5 Å². The summed E-state index contributed by atoms with van der Waals surface area (Å²) in [5, 5.41) is 25.0. The number of aryl methyl sites for hydroxylation is 1. The minimum Gasteiger partial charge on any atom is -0.545 e. The Balaban J connectivity index is 2.14. The summed E-state index contributed by atoms with van der Waals surface area (Å²) < 4.78 is 2.07. The van der Waals surface area contributed by atoms with Crippen molar-refractivity contribution in [2.75, 3.05) is 0 Å². The van der Waals surface area contributed by atoms with Gasteiger partial charge in [0.05, 0.1) is 16.8 Å². The molecule has 2 heterocycles. The Morgan fingerprint density at radius 1 is 1.11 bits per heavy atom. The maximum absolute atomic E-state index is 11.9. The van der Waals surface area contributed by atoms with E-state index in [1.807, 2.05) is 6.07 Å². The van der Waals surface area contributed by atoms with Crippen LogP contribution in [0.5, 0.6) is 0 Å². The number of nitrogens with one attached hydrogen (secondary N) is 1. The second-order valence-corrected chi connectivity index (χ2v) is 7.58. The third-order valence-corrected chi connectivity index (χ3v) is 5.21. The monoisotopic (exact) mass is 400 g/mol. The van der Waals surface area contributed by atoms with Crippen LogP contribution in [0.15, 0.2) is 29.2 Å². The molecule has 138 valence electrons. The number of hydrogen-bond acceptors (Lipinski definition) is 7. The fraction of sp³-hybridized carbons (Fsp3) is 0.111. The van der Waals surface area contributed by atoms with Gasteiger partial charge < -0.3 is 29.7 Å². The Morgan fingerprint density at radius 3 is 2.19 bits per heavy atom. The summed E-state index contributed by atoms with van der Waals surface area (Å²) in [7, 11) is 0. The SMILES string of the molecule is Cc1cc(/C=C2/SC(=S)NC2=O)c(C)n1-c1cc(C(=O)[O-])cc(C(=O)[O-])c1. The molecule has 0 aliphatic carbocycles. The van der Waals surface area contributed by atoms with Crippen LogP contribution in [-0.2, 0) is 4.79 Å². The number of carbonyl (C=O) groups excluding carboxylic acids is 3. The molecular weight excluding hydrogens is 388 g/mol. The molecule has 1 aliphatic rings. The summed E-state index contributed by atoms with van der Waals surface area (Å²) in [6.45, 7) is 3.56. The smallest absolute Gasteiger partial charge is 0.263 e. The number of thioether (sulfide) groups is 1. The average Bonchev–Trinajstić information content (AvgIpc) is 3.05. The number of nitrogens with zero attached hydrogens (tertiary/aromatic N) is 1. The normalized spacial score (nSPS) is 15.3. The van der Waals surface area contributed by atoms with Crippen molar-refractivity contribution >= 4 is 52.2 Å². The van der Waals surface area contributed by atoms with Crippen molar-refractivity contribution in [3.63, 3.8) is 0 Å². The van der Waals surface area contributed by atoms with Gasteiger partial charge in [-0.2, -0.15) is 0 Å². The number of amides is 1. The Labute approximate surface area is 163 Å². The van der Waals surface area contributed by atoms with Gasteiger partial charge in [-0.15, -0.1) is 0 Å². The van der Waals surface area contributed by atoms with Gasteiger partial charge >= 0.3 is 0 Å². The van der Waals surface area contributed by atoms with E-state index < -0.39 is 11.9 Å². The molecule has 0 unspecified atom stereocenters. The van der Waals surface area contributed by atoms with Crippen LogP contribution >= 0.6 is 24.0 Å². The van der Waals surface area contributed by atoms with Gasteiger partial charge in [0.2, 0.25) is 0 Å². The molecule has 0 saturated carbocycles. The molecule has 1 saturated heterocycles. The van der Waals surface area contributed by atoms with Crippen molar-refractivity contribution in [3.05, 3.63) is 57.2 Å². The van der Waals surface area contributed by atoms with Crippen molar-refractivity contribution in [1.82, 2.24) is 9.88 Å². The maximum atomic E-state index is 11.9. The van der Waals surface area contributed by atoms with Crippen LogP contribution in [0.4, 0.5) is 0 Å². The highest BCUT2D eigenvalue weighted by Gasteiger charge is 2.23. The summed E-state index contributed by atoms with van der Waals surface area (Å²) in [6.07, 6.45) is 1.68. The molecule has 0 radical (unpaired) electrons.